The van der Waals surface area contributed by atoms with Gasteiger partial charge in [0.05, 0.1) is 5.69 Å². The van der Waals surface area contributed by atoms with Gasteiger partial charge in [-0.05, 0) is 25.1 Å². The molecule has 0 saturated carbocycles. The Morgan fingerprint density at radius 2 is 2.12 bits per heavy atom. The summed E-state index contributed by atoms with van der Waals surface area (Å²) in [6, 6.07) is 9.20. The van der Waals surface area contributed by atoms with Gasteiger partial charge in [0, 0.05) is 23.5 Å². The average molecular weight is 225 g/mol. The molecule has 17 heavy (non-hydrogen) atoms. The third kappa shape index (κ3) is 1.54. The fourth-order valence-electron chi connectivity index (χ4n) is 1.94. The summed E-state index contributed by atoms with van der Waals surface area (Å²) in [5.41, 5.74) is 2.39. The van der Waals surface area contributed by atoms with E-state index in [-0.39, 0.29) is 5.75 Å². The molecule has 0 fully saturated rings. The zero-order valence-corrected chi connectivity index (χ0v) is 9.33. The first-order valence-corrected chi connectivity index (χ1v) is 5.35. The van der Waals surface area contributed by atoms with E-state index < -0.39 is 0 Å². The van der Waals surface area contributed by atoms with Crippen molar-refractivity contribution in [3.63, 3.8) is 0 Å². The third-order valence-corrected chi connectivity index (χ3v) is 2.68. The van der Waals surface area contributed by atoms with Gasteiger partial charge in [-0.1, -0.05) is 12.1 Å². The zero-order chi connectivity index (χ0) is 11.8. The number of para-hydroxylation sites is 1. The molecule has 0 amide bonds. The number of hydrogen-bond donors (Lipinski definition) is 1. The van der Waals surface area contributed by atoms with E-state index in [1.807, 2.05) is 37.4 Å². The lowest BCUT2D eigenvalue weighted by atomic mass is 10.1. The van der Waals surface area contributed by atoms with Gasteiger partial charge in [-0.15, -0.1) is 0 Å². The Morgan fingerprint density at radius 1 is 1.24 bits per heavy atom. The number of rotatable bonds is 1. The summed E-state index contributed by atoms with van der Waals surface area (Å²) < 4.78 is 1.77. The first-order chi connectivity index (χ1) is 8.25. The number of phenols is 1. The largest absolute Gasteiger partial charge is 0.506 e. The topological polar surface area (TPSA) is 50.9 Å². The number of aryl methyl sites for hydroxylation is 1. The van der Waals surface area contributed by atoms with Crippen molar-refractivity contribution in [1.82, 2.24) is 14.8 Å². The van der Waals surface area contributed by atoms with Crippen LogP contribution in [0.5, 0.6) is 5.75 Å². The molecule has 3 aromatic rings. The van der Waals surface area contributed by atoms with Crippen LogP contribution in [0.3, 0.4) is 0 Å². The summed E-state index contributed by atoms with van der Waals surface area (Å²) in [6.45, 7) is 1.90. The van der Waals surface area contributed by atoms with E-state index in [9.17, 15) is 5.11 Å². The van der Waals surface area contributed by atoms with E-state index >= 15 is 0 Å². The second-order valence-corrected chi connectivity index (χ2v) is 3.91. The summed E-state index contributed by atoms with van der Waals surface area (Å²) in [4.78, 5) is 4.35. The standard InChI is InChI=1S/C13H11N3O/c1-9-8-11(16-7-3-6-14-16)10-4-2-5-12(17)13(10)15-9/h2-8,17H,1H3. The SMILES string of the molecule is Cc1cc(-n2cccn2)c2cccc(O)c2n1. The lowest BCUT2D eigenvalue weighted by Gasteiger charge is -2.08. The van der Waals surface area contributed by atoms with Crippen molar-refractivity contribution in [3.8, 4) is 11.4 Å². The number of aromatic nitrogens is 3. The molecule has 0 atom stereocenters. The molecule has 0 spiro atoms. The molecule has 1 aromatic carbocycles. The second-order valence-electron chi connectivity index (χ2n) is 3.91. The highest BCUT2D eigenvalue weighted by Crippen LogP contribution is 2.27. The van der Waals surface area contributed by atoms with Crippen molar-refractivity contribution in [2.24, 2.45) is 0 Å². The van der Waals surface area contributed by atoms with E-state index in [1.54, 1.807) is 16.9 Å². The van der Waals surface area contributed by atoms with Crippen LogP contribution >= 0.6 is 0 Å². The van der Waals surface area contributed by atoms with Crippen molar-refractivity contribution < 1.29 is 5.11 Å². The van der Waals surface area contributed by atoms with E-state index in [0.29, 0.717) is 5.52 Å². The Kier molecular flexibility index (Phi) is 2.08. The minimum absolute atomic E-state index is 0.194. The normalized spacial score (nSPS) is 10.9. The van der Waals surface area contributed by atoms with Crippen molar-refractivity contribution in [2.45, 2.75) is 6.92 Å². The maximum Gasteiger partial charge on any atom is 0.141 e. The van der Waals surface area contributed by atoms with Crippen molar-refractivity contribution in [1.29, 1.82) is 0 Å². The van der Waals surface area contributed by atoms with Crippen LogP contribution in [0.15, 0.2) is 42.7 Å². The Balaban J connectivity index is 2.42. The van der Waals surface area contributed by atoms with Gasteiger partial charge in [-0.3, -0.25) is 0 Å². The van der Waals surface area contributed by atoms with Gasteiger partial charge in [-0.2, -0.15) is 5.10 Å². The molecule has 1 N–H and O–H groups in total. The Labute approximate surface area is 98.2 Å². The van der Waals surface area contributed by atoms with Crippen LogP contribution in [0.2, 0.25) is 0 Å². The lowest BCUT2D eigenvalue weighted by molar-refractivity contribution is 0.480. The molecule has 3 rings (SSSR count). The van der Waals surface area contributed by atoms with Crippen LogP contribution in [0.1, 0.15) is 5.69 Å². The van der Waals surface area contributed by atoms with Crippen molar-refractivity contribution in [3.05, 3.63) is 48.4 Å². The smallest absolute Gasteiger partial charge is 0.141 e. The number of aromatic hydroxyl groups is 1. The molecule has 0 bridgehead atoms. The number of benzene rings is 1. The maximum atomic E-state index is 9.83. The minimum atomic E-state index is 0.194. The number of hydrogen-bond acceptors (Lipinski definition) is 3. The Bertz CT molecular complexity index is 674. The number of nitrogens with zero attached hydrogens (tertiary/aromatic N) is 3. The molecule has 0 aliphatic carbocycles. The molecule has 0 aliphatic heterocycles. The molecule has 0 aliphatic rings. The summed E-state index contributed by atoms with van der Waals surface area (Å²) >= 11 is 0. The molecule has 4 nitrogen and oxygen atoms in total. The van der Waals surface area contributed by atoms with Crippen LogP contribution in [0.25, 0.3) is 16.6 Å². The monoisotopic (exact) mass is 225 g/mol. The summed E-state index contributed by atoms with van der Waals surface area (Å²) in [6.07, 6.45) is 3.60. The molecule has 0 saturated heterocycles. The summed E-state index contributed by atoms with van der Waals surface area (Å²) in [5.74, 6) is 0.194. The lowest BCUT2D eigenvalue weighted by Crippen LogP contribution is -1.98. The second kappa shape index (κ2) is 3.59. The van der Waals surface area contributed by atoms with Crippen LogP contribution in [-0.2, 0) is 0 Å². The van der Waals surface area contributed by atoms with Gasteiger partial charge >= 0.3 is 0 Å². The van der Waals surface area contributed by atoms with Crippen molar-refractivity contribution >= 4 is 10.9 Å². The summed E-state index contributed by atoms with van der Waals surface area (Å²) in [5, 5.41) is 14.9. The Morgan fingerprint density at radius 3 is 2.88 bits per heavy atom. The number of pyridine rings is 1. The quantitative estimate of drug-likeness (QED) is 0.692. The van der Waals surface area contributed by atoms with Gasteiger partial charge in [0.25, 0.3) is 0 Å². The van der Waals surface area contributed by atoms with Crippen LogP contribution < -0.4 is 0 Å². The van der Waals surface area contributed by atoms with Crippen LogP contribution in [0, 0.1) is 6.92 Å². The molecule has 4 heteroatoms. The fraction of sp³-hybridized carbons (Fsp3) is 0.0769. The van der Waals surface area contributed by atoms with Gasteiger partial charge < -0.3 is 5.11 Å². The first-order valence-electron chi connectivity index (χ1n) is 5.35. The van der Waals surface area contributed by atoms with E-state index in [1.165, 1.54) is 0 Å². The van der Waals surface area contributed by atoms with Crippen LogP contribution in [0.4, 0.5) is 0 Å². The number of phenolic OH excluding ortho intramolecular Hbond substituents is 1. The van der Waals surface area contributed by atoms with Gasteiger partial charge in [-0.25, -0.2) is 9.67 Å². The van der Waals surface area contributed by atoms with Gasteiger partial charge in [0.15, 0.2) is 0 Å². The predicted octanol–water partition coefficient (Wildman–Crippen LogP) is 2.43. The van der Waals surface area contributed by atoms with Crippen LogP contribution in [-0.4, -0.2) is 19.9 Å². The van der Waals surface area contributed by atoms with E-state index in [0.717, 1.165) is 16.8 Å². The minimum Gasteiger partial charge on any atom is -0.506 e. The predicted molar refractivity (Wildman–Crippen MR) is 65.3 cm³/mol. The molecule has 2 aromatic heterocycles. The molecule has 0 unspecified atom stereocenters. The average Bonchev–Trinajstić information content (AvgIpc) is 2.83. The highest BCUT2D eigenvalue weighted by atomic mass is 16.3. The highest BCUT2D eigenvalue weighted by Gasteiger charge is 2.08. The third-order valence-electron chi connectivity index (χ3n) is 2.68. The summed E-state index contributed by atoms with van der Waals surface area (Å²) in [7, 11) is 0. The van der Waals surface area contributed by atoms with Gasteiger partial charge in [0.2, 0.25) is 0 Å². The van der Waals surface area contributed by atoms with E-state index in [2.05, 4.69) is 10.1 Å². The molecule has 0 radical (unpaired) electrons. The van der Waals surface area contributed by atoms with Gasteiger partial charge in [0.1, 0.15) is 11.3 Å². The maximum absolute atomic E-state index is 9.83. The molecular formula is C13H11N3O. The first kappa shape index (κ1) is 9.84. The zero-order valence-electron chi connectivity index (χ0n) is 9.33. The van der Waals surface area contributed by atoms with E-state index in [4.69, 9.17) is 0 Å². The molecule has 84 valence electrons. The Hall–Kier alpha value is -2.36. The highest BCUT2D eigenvalue weighted by molar-refractivity contribution is 5.91. The number of fused-ring (bicyclic) bond motifs is 1. The molecule has 2 heterocycles. The fourth-order valence-corrected chi connectivity index (χ4v) is 1.94. The molecular weight excluding hydrogens is 214 g/mol. The van der Waals surface area contributed by atoms with Crippen molar-refractivity contribution in [2.75, 3.05) is 0 Å².